The van der Waals surface area contributed by atoms with Crippen LogP contribution in [0.1, 0.15) is 19.4 Å². The Bertz CT molecular complexity index is 620. The van der Waals surface area contributed by atoms with E-state index < -0.39 is 19.4 Å². The normalized spacial score (nSPS) is 23.6. The Morgan fingerprint density at radius 2 is 2.26 bits per heavy atom. The first-order valence-electron chi connectivity index (χ1n) is 5.56. The SMILES string of the molecule is C[C@@H]1OC(P(=O)(O)O)=CC[C@@H]1n1ccc(N)nc1=O. The summed E-state index contributed by atoms with van der Waals surface area (Å²) in [5, 5.41) is 0. The summed E-state index contributed by atoms with van der Waals surface area (Å²) in [7, 11) is -4.40. The van der Waals surface area contributed by atoms with Crippen LogP contribution in [-0.2, 0) is 9.30 Å². The predicted octanol–water partition coefficient (Wildman–Crippen LogP) is 0.194. The molecule has 1 aromatic rings. The zero-order valence-electron chi connectivity index (χ0n) is 10.1. The molecular formula is C10H14N3O5P. The Balaban J connectivity index is 2.32. The van der Waals surface area contributed by atoms with Crippen LogP contribution in [0.25, 0.3) is 0 Å². The molecule has 0 saturated heterocycles. The second-order valence-electron chi connectivity index (χ2n) is 4.25. The summed E-state index contributed by atoms with van der Waals surface area (Å²) in [5.41, 5.74) is 4.53. The van der Waals surface area contributed by atoms with Crippen LogP contribution in [0, 0.1) is 0 Å². The molecule has 9 heteroatoms. The lowest BCUT2D eigenvalue weighted by molar-refractivity contribution is 0.0739. The Morgan fingerprint density at radius 3 is 2.79 bits per heavy atom. The largest absolute Gasteiger partial charge is 0.481 e. The van der Waals surface area contributed by atoms with E-state index in [1.807, 2.05) is 0 Å². The second-order valence-corrected chi connectivity index (χ2v) is 5.78. The standard InChI is InChI=1S/C10H14N3O5P/c1-6-7(2-3-9(18-6)19(15,16)17)13-5-4-8(11)12-10(13)14/h3-7H,2H2,1H3,(H2,11,12,14)(H2,15,16,17)/t6-,7-/m0/s1. The molecule has 0 bridgehead atoms. The predicted molar refractivity (Wildman–Crippen MR) is 67.2 cm³/mol. The molecular weight excluding hydrogens is 273 g/mol. The fourth-order valence-corrected chi connectivity index (χ4v) is 2.58. The van der Waals surface area contributed by atoms with Gasteiger partial charge in [-0.2, -0.15) is 4.98 Å². The van der Waals surface area contributed by atoms with Crippen molar-refractivity contribution in [3.8, 4) is 0 Å². The topological polar surface area (TPSA) is 128 Å². The molecule has 0 aliphatic carbocycles. The zero-order valence-corrected chi connectivity index (χ0v) is 11.0. The third kappa shape index (κ3) is 2.86. The number of nitrogen functional groups attached to an aromatic ring is 1. The van der Waals surface area contributed by atoms with Crippen LogP contribution < -0.4 is 11.4 Å². The maximum Gasteiger partial charge on any atom is 0.390 e. The van der Waals surface area contributed by atoms with Crippen LogP contribution in [-0.4, -0.2) is 25.4 Å². The summed E-state index contributed by atoms with van der Waals surface area (Å²) in [4.78, 5) is 33.4. The van der Waals surface area contributed by atoms with Crippen molar-refractivity contribution in [3.63, 3.8) is 0 Å². The molecule has 4 N–H and O–H groups in total. The molecule has 0 radical (unpaired) electrons. The van der Waals surface area contributed by atoms with Crippen molar-refractivity contribution in [2.75, 3.05) is 5.73 Å². The molecule has 8 nitrogen and oxygen atoms in total. The van der Waals surface area contributed by atoms with Gasteiger partial charge in [-0.15, -0.1) is 0 Å². The van der Waals surface area contributed by atoms with Gasteiger partial charge in [-0.05, 0) is 25.5 Å². The highest BCUT2D eigenvalue weighted by Crippen LogP contribution is 2.49. The number of aromatic nitrogens is 2. The van der Waals surface area contributed by atoms with Gasteiger partial charge in [0.15, 0.2) is 0 Å². The molecule has 0 unspecified atom stereocenters. The smallest absolute Gasteiger partial charge is 0.390 e. The van der Waals surface area contributed by atoms with Crippen molar-refractivity contribution in [1.82, 2.24) is 9.55 Å². The molecule has 104 valence electrons. The first-order valence-corrected chi connectivity index (χ1v) is 7.18. The van der Waals surface area contributed by atoms with E-state index in [0.29, 0.717) is 0 Å². The number of allylic oxidation sites excluding steroid dienone is 1. The summed E-state index contributed by atoms with van der Waals surface area (Å²) in [6.07, 6.45) is 2.50. The number of rotatable bonds is 2. The van der Waals surface area contributed by atoms with Crippen molar-refractivity contribution >= 4 is 13.4 Å². The Labute approximate surface area is 108 Å². The number of ether oxygens (including phenoxy) is 1. The molecule has 1 aliphatic heterocycles. The number of anilines is 1. The molecule has 0 saturated carbocycles. The minimum atomic E-state index is -4.40. The van der Waals surface area contributed by atoms with Crippen molar-refractivity contribution in [3.05, 3.63) is 34.3 Å². The molecule has 0 fully saturated rings. The molecule has 2 atom stereocenters. The first kappa shape index (κ1) is 13.8. The minimum Gasteiger partial charge on any atom is -0.481 e. The van der Waals surface area contributed by atoms with Crippen LogP contribution in [0.4, 0.5) is 5.82 Å². The fourth-order valence-electron chi connectivity index (χ4n) is 1.94. The number of hydrogen-bond donors (Lipinski definition) is 3. The maximum absolute atomic E-state index is 11.7. The third-order valence-corrected chi connectivity index (χ3v) is 3.74. The highest BCUT2D eigenvalue weighted by atomic mass is 31.2. The van der Waals surface area contributed by atoms with Crippen molar-refractivity contribution < 1.29 is 19.1 Å². The Hall–Kier alpha value is -1.63. The van der Waals surface area contributed by atoms with E-state index in [9.17, 15) is 9.36 Å². The van der Waals surface area contributed by atoms with Gasteiger partial charge in [0.05, 0.1) is 6.04 Å². The lowest BCUT2D eigenvalue weighted by Crippen LogP contribution is -2.35. The van der Waals surface area contributed by atoms with Gasteiger partial charge in [-0.25, -0.2) is 4.79 Å². The van der Waals surface area contributed by atoms with Gasteiger partial charge in [0.1, 0.15) is 11.9 Å². The van der Waals surface area contributed by atoms with E-state index >= 15 is 0 Å². The summed E-state index contributed by atoms with van der Waals surface area (Å²) >= 11 is 0. The molecule has 2 heterocycles. The quantitative estimate of drug-likeness (QED) is 0.662. The van der Waals surface area contributed by atoms with Crippen LogP contribution in [0.15, 0.2) is 28.6 Å². The van der Waals surface area contributed by atoms with Crippen LogP contribution >= 0.6 is 7.60 Å². The minimum absolute atomic E-state index is 0.122. The lowest BCUT2D eigenvalue weighted by atomic mass is 10.1. The summed E-state index contributed by atoms with van der Waals surface area (Å²) in [6, 6.07) is 1.10. The molecule has 1 aliphatic rings. The molecule has 0 aromatic carbocycles. The molecule has 2 rings (SSSR count). The van der Waals surface area contributed by atoms with Crippen molar-refractivity contribution in [1.29, 1.82) is 0 Å². The van der Waals surface area contributed by atoms with E-state index in [1.54, 1.807) is 6.92 Å². The Morgan fingerprint density at radius 1 is 1.58 bits per heavy atom. The van der Waals surface area contributed by atoms with Crippen LogP contribution in [0.5, 0.6) is 0 Å². The highest BCUT2D eigenvalue weighted by molar-refractivity contribution is 7.56. The first-order chi connectivity index (χ1) is 8.79. The Kier molecular flexibility index (Phi) is 3.49. The van der Waals surface area contributed by atoms with Crippen LogP contribution in [0.2, 0.25) is 0 Å². The van der Waals surface area contributed by atoms with Gasteiger partial charge in [-0.1, -0.05) is 0 Å². The average molecular weight is 287 g/mol. The van der Waals surface area contributed by atoms with Gasteiger partial charge in [0.25, 0.3) is 0 Å². The third-order valence-electron chi connectivity index (χ3n) is 2.88. The second kappa shape index (κ2) is 4.80. The van der Waals surface area contributed by atoms with Gasteiger partial charge in [0.2, 0.25) is 5.50 Å². The molecule has 0 amide bonds. The van der Waals surface area contributed by atoms with E-state index in [-0.39, 0.29) is 23.8 Å². The van der Waals surface area contributed by atoms with Crippen LogP contribution in [0.3, 0.4) is 0 Å². The summed E-state index contributed by atoms with van der Waals surface area (Å²) in [6.45, 7) is 1.64. The molecule has 1 aromatic heterocycles. The molecule has 19 heavy (non-hydrogen) atoms. The van der Waals surface area contributed by atoms with E-state index in [0.717, 1.165) is 0 Å². The maximum atomic E-state index is 11.7. The summed E-state index contributed by atoms with van der Waals surface area (Å²) in [5.74, 6) is 0.122. The highest BCUT2D eigenvalue weighted by Gasteiger charge is 2.33. The zero-order chi connectivity index (χ0) is 14.2. The molecule has 0 spiro atoms. The lowest BCUT2D eigenvalue weighted by Gasteiger charge is -2.30. The van der Waals surface area contributed by atoms with Gasteiger partial charge in [-0.3, -0.25) is 9.13 Å². The van der Waals surface area contributed by atoms with E-state index in [4.69, 9.17) is 20.3 Å². The van der Waals surface area contributed by atoms with Crippen molar-refractivity contribution in [2.45, 2.75) is 25.5 Å². The van der Waals surface area contributed by atoms with Gasteiger partial charge < -0.3 is 20.3 Å². The van der Waals surface area contributed by atoms with E-state index in [1.165, 1.54) is 22.9 Å². The average Bonchev–Trinajstić information content (AvgIpc) is 2.28. The van der Waals surface area contributed by atoms with Crippen molar-refractivity contribution in [2.24, 2.45) is 0 Å². The fraction of sp³-hybridized carbons (Fsp3) is 0.400. The monoisotopic (exact) mass is 287 g/mol. The summed E-state index contributed by atoms with van der Waals surface area (Å²) < 4.78 is 17.6. The van der Waals surface area contributed by atoms with Gasteiger partial charge >= 0.3 is 13.3 Å². The van der Waals surface area contributed by atoms with Gasteiger partial charge in [0, 0.05) is 6.20 Å². The number of hydrogen-bond acceptors (Lipinski definition) is 5. The number of nitrogens with two attached hydrogens (primary N) is 1. The van der Waals surface area contributed by atoms with E-state index in [2.05, 4.69) is 4.98 Å². The number of nitrogens with zero attached hydrogens (tertiary/aromatic N) is 2.